The highest BCUT2D eigenvalue weighted by Gasteiger charge is 2.33. The van der Waals surface area contributed by atoms with Crippen molar-refractivity contribution >= 4 is 17.1 Å². The number of aliphatic hydroxyl groups is 1. The molecule has 3 aromatic rings. The molecule has 10 heteroatoms. The minimum absolute atomic E-state index is 0.0889. The molecule has 2 aromatic heterocycles. The maximum atomic E-state index is 13.2. The van der Waals surface area contributed by atoms with Gasteiger partial charge in [0.25, 0.3) is 0 Å². The van der Waals surface area contributed by atoms with Crippen LogP contribution in [0.5, 0.6) is 5.75 Å². The summed E-state index contributed by atoms with van der Waals surface area (Å²) < 4.78 is 46.6. The Hall–Kier alpha value is -2.88. The number of nitrogens with zero attached hydrogens (tertiary/aromatic N) is 5. The lowest BCUT2D eigenvalue weighted by Crippen LogP contribution is -2.36. The molecule has 1 fully saturated rings. The van der Waals surface area contributed by atoms with E-state index in [4.69, 9.17) is 4.74 Å². The zero-order valence-corrected chi connectivity index (χ0v) is 16.9. The molecule has 7 nitrogen and oxygen atoms in total. The smallest absolute Gasteiger partial charge is 0.416 e. The molecule has 160 valence electrons. The summed E-state index contributed by atoms with van der Waals surface area (Å²) in [7, 11) is 3.08. The Morgan fingerprint density at radius 1 is 1.17 bits per heavy atom. The van der Waals surface area contributed by atoms with Gasteiger partial charge in [0.15, 0.2) is 11.3 Å². The SMILES string of the molecule is COc1cc(C(F)(F)F)cc(C)c1-c1nc2nc(N3CCC(O)CC3)cnc2n1C. The number of aryl methyl sites for hydroxylation is 2. The summed E-state index contributed by atoms with van der Waals surface area (Å²) in [5.41, 5.74) is 1.01. The minimum Gasteiger partial charge on any atom is -0.496 e. The number of benzene rings is 1. The summed E-state index contributed by atoms with van der Waals surface area (Å²) in [4.78, 5) is 15.7. The molecular formula is C20H22F3N5O2. The third-order valence-corrected chi connectivity index (χ3v) is 5.43. The first-order valence-electron chi connectivity index (χ1n) is 9.57. The van der Waals surface area contributed by atoms with E-state index < -0.39 is 11.7 Å². The maximum absolute atomic E-state index is 13.2. The second-order valence-electron chi connectivity index (χ2n) is 7.46. The number of aliphatic hydroxyl groups excluding tert-OH is 1. The highest BCUT2D eigenvalue weighted by atomic mass is 19.4. The lowest BCUT2D eigenvalue weighted by molar-refractivity contribution is -0.137. The topological polar surface area (TPSA) is 76.3 Å². The van der Waals surface area contributed by atoms with E-state index in [1.54, 1.807) is 24.7 Å². The van der Waals surface area contributed by atoms with Gasteiger partial charge in [0, 0.05) is 20.1 Å². The van der Waals surface area contributed by atoms with Gasteiger partial charge in [0.05, 0.1) is 30.5 Å². The number of hydrogen-bond donors (Lipinski definition) is 1. The van der Waals surface area contributed by atoms with Crippen molar-refractivity contribution in [1.29, 1.82) is 0 Å². The number of imidazole rings is 1. The van der Waals surface area contributed by atoms with E-state index in [-0.39, 0.29) is 11.9 Å². The average Bonchev–Trinajstić information content (AvgIpc) is 3.02. The van der Waals surface area contributed by atoms with E-state index >= 15 is 0 Å². The molecule has 1 N–H and O–H groups in total. The molecule has 1 aliphatic rings. The van der Waals surface area contributed by atoms with Crippen LogP contribution >= 0.6 is 0 Å². The number of hydrogen-bond acceptors (Lipinski definition) is 6. The number of methoxy groups -OCH3 is 1. The van der Waals surface area contributed by atoms with Crippen LogP contribution in [0.15, 0.2) is 18.3 Å². The van der Waals surface area contributed by atoms with Crippen molar-refractivity contribution in [3.8, 4) is 17.1 Å². The Morgan fingerprint density at radius 3 is 2.50 bits per heavy atom. The Labute approximate surface area is 171 Å². The van der Waals surface area contributed by atoms with Crippen LogP contribution in [-0.2, 0) is 13.2 Å². The van der Waals surface area contributed by atoms with Crippen molar-refractivity contribution in [3.63, 3.8) is 0 Å². The van der Waals surface area contributed by atoms with Crippen molar-refractivity contribution in [2.45, 2.75) is 32.0 Å². The third-order valence-electron chi connectivity index (χ3n) is 5.43. The predicted octanol–water partition coefficient (Wildman–Crippen LogP) is 3.33. The Morgan fingerprint density at radius 2 is 1.87 bits per heavy atom. The molecule has 1 saturated heterocycles. The summed E-state index contributed by atoms with van der Waals surface area (Å²) in [5.74, 6) is 1.18. The summed E-state index contributed by atoms with van der Waals surface area (Å²) >= 11 is 0. The quantitative estimate of drug-likeness (QED) is 0.699. The number of aromatic nitrogens is 4. The molecule has 4 rings (SSSR count). The van der Waals surface area contributed by atoms with Crippen LogP contribution in [0, 0.1) is 6.92 Å². The van der Waals surface area contributed by atoms with Crippen molar-refractivity contribution in [1.82, 2.24) is 19.5 Å². The number of alkyl halides is 3. The number of halogens is 3. The van der Waals surface area contributed by atoms with Crippen LogP contribution in [0.2, 0.25) is 0 Å². The highest BCUT2D eigenvalue weighted by molar-refractivity contribution is 5.79. The van der Waals surface area contributed by atoms with Crippen LogP contribution < -0.4 is 9.64 Å². The fraction of sp³-hybridized carbons (Fsp3) is 0.450. The molecular weight excluding hydrogens is 399 g/mol. The van der Waals surface area contributed by atoms with Gasteiger partial charge in [-0.15, -0.1) is 0 Å². The van der Waals surface area contributed by atoms with E-state index in [9.17, 15) is 18.3 Å². The van der Waals surface area contributed by atoms with E-state index in [0.29, 0.717) is 60.0 Å². The molecule has 0 amide bonds. The zero-order chi connectivity index (χ0) is 21.6. The van der Waals surface area contributed by atoms with Gasteiger partial charge >= 0.3 is 6.18 Å². The van der Waals surface area contributed by atoms with Crippen molar-refractivity contribution in [2.75, 3.05) is 25.1 Å². The molecule has 0 radical (unpaired) electrons. The number of ether oxygens (including phenoxy) is 1. The minimum atomic E-state index is -4.47. The second kappa shape index (κ2) is 7.42. The fourth-order valence-corrected chi connectivity index (χ4v) is 3.79. The summed E-state index contributed by atoms with van der Waals surface area (Å²) in [6.07, 6.45) is -1.79. The molecule has 0 bridgehead atoms. The number of piperidine rings is 1. The van der Waals surface area contributed by atoms with E-state index in [1.165, 1.54) is 7.11 Å². The molecule has 0 unspecified atom stereocenters. The third kappa shape index (κ3) is 3.55. The summed E-state index contributed by atoms with van der Waals surface area (Å²) in [6, 6.07) is 2.07. The van der Waals surface area contributed by atoms with Gasteiger partial charge < -0.3 is 19.3 Å². The highest BCUT2D eigenvalue weighted by Crippen LogP contribution is 2.39. The van der Waals surface area contributed by atoms with Crippen molar-refractivity contribution < 1.29 is 23.0 Å². The van der Waals surface area contributed by atoms with Crippen molar-refractivity contribution in [2.24, 2.45) is 7.05 Å². The first-order valence-corrected chi connectivity index (χ1v) is 9.57. The van der Waals surface area contributed by atoms with Gasteiger partial charge in [-0.05, 0) is 37.5 Å². The lowest BCUT2D eigenvalue weighted by Gasteiger charge is -2.30. The number of fused-ring (bicyclic) bond motifs is 1. The van der Waals surface area contributed by atoms with Crippen LogP contribution in [0.1, 0.15) is 24.0 Å². The molecule has 0 atom stereocenters. The average molecular weight is 421 g/mol. The van der Waals surface area contributed by atoms with Crippen LogP contribution in [0.4, 0.5) is 19.0 Å². The Balaban J connectivity index is 1.79. The monoisotopic (exact) mass is 421 g/mol. The van der Waals surface area contributed by atoms with Gasteiger partial charge in [0.2, 0.25) is 0 Å². The van der Waals surface area contributed by atoms with Crippen LogP contribution in [0.25, 0.3) is 22.7 Å². The Kier molecular flexibility index (Phi) is 5.05. The second-order valence-corrected chi connectivity index (χ2v) is 7.46. The Bertz CT molecular complexity index is 1090. The van der Waals surface area contributed by atoms with E-state index in [0.717, 1.165) is 12.1 Å². The predicted molar refractivity (Wildman–Crippen MR) is 105 cm³/mol. The van der Waals surface area contributed by atoms with E-state index in [1.807, 2.05) is 4.90 Å². The molecule has 0 spiro atoms. The largest absolute Gasteiger partial charge is 0.496 e. The van der Waals surface area contributed by atoms with E-state index in [2.05, 4.69) is 15.0 Å². The number of rotatable bonds is 3. The molecule has 1 aliphatic heterocycles. The fourth-order valence-electron chi connectivity index (χ4n) is 3.79. The van der Waals surface area contributed by atoms with Gasteiger partial charge in [-0.3, -0.25) is 0 Å². The van der Waals surface area contributed by atoms with Crippen LogP contribution in [-0.4, -0.2) is 50.9 Å². The lowest BCUT2D eigenvalue weighted by atomic mass is 10.0. The van der Waals surface area contributed by atoms with Gasteiger partial charge in [-0.1, -0.05) is 0 Å². The molecule has 30 heavy (non-hydrogen) atoms. The summed E-state index contributed by atoms with van der Waals surface area (Å²) in [6.45, 7) is 2.94. The standard InChI is InChI=1S/C20H22F3N5O2/c1-11-8-12(20(21,22)23)9-14(30-3)16(11)18-26-17-19(27(18)2)24-10-15(25-17)28-6-4-13(29)5-7-28/h8-10,13,29H,4-7H2,1-3H3. The van der Waals surface area contributed by atoms with Crippen molar-refractivity contribution in [3.05, 3.63) is 29.5 Å². The first-order chi connectivity index (χ1) is 14.2. The van der Waals surface area contributed by atoms with Crippen LogP contribution in [0.3, 0.4) is 0 Å². The molecule has 0 saturated carbocycles. The molecule has 1 aromatic carbocycles. The normalized spacial score (nSPS) is 15.8. The molecule has 3 heterocycles. The van der Waals surface area contributed by atoms with Gasteiger partial charge in [0.1, 0.15) is 17.4 Å². The van der Waals surface area contributed by atoms with Gasteiger partial charge in [-0.25, -0.2) is 15.0 Å². The first kappa shape index (κ1) is 20.4. The number of anilines is 1. The zero-order valence-electron chi connectivity index (χ0n) is 16.9. The maximum Gasteiger partial charge on any atom is 0.416 e. The molecule has 0 aliphatic carbocycles. The summed E-state index contributed by atoms with van der Waals surface area (Å²) in [5, 5.41) is 9.70. The van der Waals surface area contributed by atoms with Gasteiger partial charge in [-0.2, -0.15) is 13.2 Å².